The highest BCUT2D eigenvalue weighted by Gasteiger charge is 2.05. The van der Waals surface area contributed by atoms with Crippen LogP contribution in [0.1, 0.15) is 12.5 Å². The van der Waals surface area contributed by atoms with Gasteiger partial charge in [-0.3, -0.25) is 4.79 Å². The first-order chi connectivity index (χ1) is 9.48. The van der Waals surface area contributed by atoms with Crippen LogP contribution in [0.3, 0.4) is 0 Å². The van der Waals surface area contributed by atoms with Crippen LogP contribution in [0.4, 0.5) is 0 Å². The Labute approximate surface area is 119 Å². The number of ether oxygens (including phenoxy) is 4. The van der Waals surface area contributed by atoms with Crippen LogP contribution in [-0.4, -0.2) is 40.6 Å². The highest BCUT2D eigenvalue weighted by molar-refractivity contribution is 5.76. The summed E-state index contributed by atoms with van der Waals surface area (Å²) >= 11 is 0. The average molecular weight is 285 g/mol. The van der Waals surface area contributed by atoms with Gasteiger partial charge in [0.1, 0.15) is 0 Å². The van der Waals surface area contributed by atoms with E-state index in [9.17, 15) is 4.79 Å². The molecule has 1 amide bonds. The van der Waals surface area contributed by atoms with Crippen molar-refractivity contribution >= 4 is 5.91 Å². The molecule has 0 saturated carbocycles. The van der Waals surface area contributed by atoms with Crippen LogP contribution in [0.5, 0.6) is 11.5 Å². The van der Waals surface area contributed by atoms with Gasteiger partial charge >= 0.3 is 0 Å². The number of hydrogen-bond donors (Lipinski definition) is 1. The van der Waals surface area contributed by atoms with Crippen molar-refractivity contribution < 1.29 is 23.7 Å². The molecular formula is C14H23NO5. The summed E-state index contributed by atoms with van der Waals surface area (Å²) in [7, 11) is 6.32. The van der Waals surface area contributed by atoms with Crippen molar-refractivity contribution in [1.29, 1.82) is 0 Å². The smallest absolute Gasteiger partial charge is 0.221 e. The molecule has 0 aliphatic rings. The Morgan fingerprint density at radius 2 is 1.65 bits per heavy atom. The third-order valence-corrected chi connectivity index (χ3v) is 2.49. The molecule has 2 N–H and O–H groups in total. The van der Waals surface area contributed by atoms with E-state index in [1.54, 1.807) is 46.6 Å². The largest absolute Gasteiger partial charge is 0.493 e. The average Bonchev–Trinajstić information content (AvgIpc) is 2.46. The van der Waals surface area contributed by atoms with E-state index in [4.69, 9.17) is 15.2 Å². The minimum Gasteiger partial charge on any atom is -0.493 e. The van der Waals surface area contributed by atoms with Gasteiger partial charge in [0.15, 0.2) is 17.8 Å². The van der Waals surface area contributed by atoms with E-state index in [0.29, 0.717) is 11.5 Å². The lowest BCUT2D eigenvalue weighted by Crippen LogP contribution is -2.13. The fraction of sp³-hybridized carbons (Fsp3) is 0.500. The molecule has 114 valence electrons. The number of rotatable bonds is 6. The van der Waals surface area contributed by atoms with Gasteiger partial charge in [-0.1, -0.05) is 6.07 Å². The van der Waals surface area contributed by atoms with Crippen molar-refractivity contribution in [3.63, 3.8) is 0 Å². The molecule has 0 heterocycles. The Morgan fingerprint density at radius 1 is 1.10 bits per heavy atom. The lowest BCUT2D eigenvalue weighted by atomic mass is 10.1. The summed E-state index contributed by atoms with van der Waals surface area (Å²) < 4.78 is 19.5. The Bertz CT molecular complexity index is 405. The van der Waals surface area contributed by atoms with Crippen LogP contribution in [0.15, 0.2) is 18.2 Å². The lowest BCUT2D eigenvalue weighted by molar-refractivity contribution is -0.117. The molecule has 0 fully saturated rings. The van der Waals surface area contributed by atoms with Gasteiger partial charge in [0.25, 0.3) is 0 Å². The maximum absolute atomic E-state index is 10.7. The van der Waals surface area contributed by atoms with Crippen molar-refractivity contribution in [3.8, 4) is 11.5 Å². The normalized spacial score (nSPS) is 9.70. The van der Waals surface area contributed by atoms with E-state index in [0.717, 1.165) is 5.56 Å². The standard InChI is InChI=1S/C10H13NO3.C4H10O2/c1-13-8-4-3-7(6-10(11)12)5-9(8)14-2;1-4(5-2)6-3/h3-5H,6H2,1-2H3,(H2,11,12);4H,1-3H3. The monoisotopic (exact) mass is 285 g/mol. The molecule has 0 radical (unpaired) electrons. The second kappa shape index (κ2) is 10.1. The summed E-state index contributed by atoms with van der Waals surface area (Å²) in [5.41, 5.74) is 5.89. The number of nitrogens with two attached hydrogens (primary N) is 1. The van der Waals surface area contributed by atoms with Gasteiger partial charge in [0.05, 0.1) is 20.6 Å². The minimum atomic E-state index is -0.364. The third-order valence-electron chi connectivity index (χ3n) is 2.49. The van der Waals surface area contributed by atoms with E-state index in [2.05, 4.69) is 9.47 Å². The zero-order valence-electron chi connectivity index (χ0n) is 12.6. The van der Waals surface area contributed by atoms with Gasteiger partial charge in [-0.25, -0.2) is 0 Å². The Kier molecular flexibility index (Phi) is 9.15. The maximum atomic E-state index is 10.7. The van der Waals surface area contributed by atoms with Crippen LogP contribution in [-0.2, 0) is 20.7 Å². The molecule has 0 saturated heterocycles. The predicted molar refractivity (Wildman–Crippen MR) is 75.9 cm³/mol. The van der Waals surface area contributed by atoms with Crippen LogP contribution in [0.25, 0.3) is 0 Å². The highest BCUT2D eigenvalue weighted by atomic mass is 16.7. The van der Waals surface area contributed by atoms with Crippen LogP contribution >= 0.6 is 0 Å². The number of carbonyl (C=O) groups is 1. The topological polar surface area (TPSA) is 80.0 Å². The summed E-state index contributed by atoms with van der Waals surface area (Å²) in [6.07, 6.45) is 0.144. The first-order valence-corrected chi connectivity index (χ1v) is 6.03. The molecule has 0 bridgehead atoms. The van der Waals surface area contributed by atoms with Crippen molar-refractivity contribution in [2.45, 2.75) is 19.6 Å². The van der Waals surface area contributed by atoms with Crippen molar-refractivity contribution in [1.82, 2.24) is 0 Å². The molecule has 6 nitrogen and oxygen atoms in total. The van der Waals surface area contributed by atoms with Gasteiger partial charge in [0.2, 0.25) is 5.91 Å². The quantitative estimate of drug-likeness (QED) is 0.798. The maximum Gasteiger partial charge on any atom is 0.221 e. The van der Waals surface area contributed by atoms with E-state index < -0.39 is 0 Å². The van der Waals surface area contributed by atoms with Crippen LogP contribution < -0.4 is 15.2 Å². The number of carbonyl (C=O) groups excluding carboxylic acids is 1. The first kappa shape index (κ1) is 18.2. The van der Waals surface area contributed by atoms with Gasteiger partial charge in [-0.2, -0.15) is 0 Å². The zero-order chi connectivity index (χ0) is 15.5. The first-order valence-electron chi connectivity index (χ1n) is 6.03. The molecule has 0 unspecified atom stereocenters. The van der Waals surface area contributed by atoms with Crippen molar-refractivity contribution in [2.24, 2.45) is 5.73 Å². The second-order valence-electron chi connectivity index (χ2n) is 3.87. The molecule has 0 spiro atoms. The number of hydrogen-bond acceptors (Lipinski definition) is 5. The van der Waals surface area contributed by atoms with E-state index in [1.165, 1.54) is 0 Å². The van der Waals surface area contributed by atoms with Crippen LogP contribution in [0.2, 0.25) is 0 Å². The Balaban J connectivity index is 0.000000511. The summed E-state index contributed by atoms with van der Waals surface area (Å²) in [4.78, 5) is 10.7. The molecule has 0 aliphatic heterocycles. The molecular weight excluding hydrogens is 262 g/mol. The van der Waals surface area contributed by atoms with Crippen molar-refractivity contribution in [2.75, 3.05) is 28.4 Å². The van der Waals surface area contributed by atoms with Gasteiger partial charge < -0.3 is 24.7 Å². The van der Waals surface area contributed by atoms with Crippen molar-refractivity contribution in [3.05, 3.63) is 23.8 Å². The Hall–Kier alpha value is -1.79. The molecule has 0 aliphatic carbocycles. The summed E-state index contributed by atoms with van der Waals surface area (Å²) in [5.74, 6) is 0.879. The summed E-state index contributed by atoms with van der Waals surface area (Å²) in [6.45, 7) is 1.83. The fourth-order valence-corrected chi connectivity index (χ4v) is 1.29. The predicted octanol–water partition coefficient (Wildman–Crippen LogP) is 1.36. The zero-order valence-corrected chi connectivity index (χ0v) is 12.6. The molecule has 1 aromatic carbocycles. The molecule has 20 heavy (non-hydrogen) atoms. The fourth-order valence-electron chi connectivity index (χ4n) is 1.29. The van der Waals surface area contributed by atoms with E-state index >= 15 is 0 Å². The van der Waals surface area contributed by atoms with Gasteiger partial charge in [-0.15, -0.1) is 0 Å². The molecule has 1 aromatic rings. The number of primary amides is 1. The second-order valence-corrected chi connectivity index (χ2v) is 3.87. The number of benzene rings is 1. The highest BCUT2D eigenvalue weighted by Crippen LogP contribution is 2.27. The molecule has 0 aromatic heterocycles. The SMILES string of the molecule is COC(C)OC.COc1ccc(CC(N)=O)cc1OC. The third kappa shape index (κ3) is 6.96. The number of methoxy groups -OCH3 is 4. The van der Waals surface area contributed by atoms with Crippen LogP contribution in [0, 0.1) is 0 Å². The lowest BCUT2D eigenvalue weighted by Gasteiger charge is -2.08. The molecule has 0 atom stereocenters. The minimum absolute atomic E-state index is 0.0648. The number of amides is 1. The van der Waals surface area contributed by atoms with Gasteiger partial charge in [-0.05, 0) is 24.6 Å². The van der Waals surface area contributed by atoms with E-state index in [1.807, 2.05) is 6.92 Å². The molecule has 6 heteroatoms. The summed E-state index contributed by atoms with van der Waals surface area (Å²) in [5, 5.41) is 0. The molecule has 1 rings (SSSR count). The van der Waals surface area contributed by atoms with E-state index in [-0.39, 0.29) is 18.6 Å². The van der Waals surface area contributed by atoms with Gasteiger partial charge in [0, 0.05) is 14.2 Å². The Morgan fingerprint density at radius 3 is 2.00 bits per heavy atom. The summed E-state index contributed by atoms with van der Waals surface area (Å²) in [6, 6.07) is 5.27.